The molecule has 0 spiro atoms. The zero-order valence-electron chi connectivity index (χ0n) is 22.3. The molecule has 0 bridgehead atoms. The van der Waals surface area contributed by atoms with Gasteiger partial charge in [0.2, 0.25) is 0 Å². The van der Waals surface area contributed by atoms with E-state index in [1.807, 2.05) is 0 Å². The summed E-state index contributed by atoms with van der Waals surface area (Å²) in [4.78, 5) is 0. The highest BCUT2D eigenvalue weighted by molar-refractivity contribution is 5.17. The molecule has 0 aliphatic heterocycles. The highest BCUT2D eigenvalue weighted by Crippen LogP contribution is 2.75. The van der Waals surface area contributed by atoms with Gasteiger partial charge >= 0.3 is 0 Å². The van der Waals surface area contributed by atoms with Crippen molar-refractivity contribution in [2.75, 3.05) is 0 Å². The summed E-state index contributed by atoms with van der Waals surface area (Å²) < 4.78 is 0. The van der Waals surface area contributed by atoms with Crippen LogP contribution in [0.5, 0.6) is 0 Å². The number of fused-ring (bicyclic) bond motifs is 5. The maximum Gasteiger partial charge on any atom is 0.0550 e. The summed E-state index contributed by atoms with van der Waals surface area (Å²) in [6, 6.07) is 0. The molecule has 4 fully saturated rings. The second kappa shape index (κ2) is 8.02. The predicted octanol–water partition coefficient (Wildman–Crippen LogP) is 8.49. The van der Waals surface area contributed by atoms with E-state index in [1.165, 1.54) is 57.8 Å². The molecule has 9 atom stereocenters. The molecule has 4 aliphatic carbocycles. The van der Waals surface area contributed by atoms with Crippen molar-refractivity contribution >= 4 is 0 Å². The van der Waals surface area contributed by atoms with Crippen molar-refractivity contribution in [2.45, 2.75) is 132 Å². The third-order valence-electron chi connectivity index (χ3n) is 12.3. The molecule has 0 heterocycles. The van der Waals surface area contributed by atoms with Gasteiger partial charge in [-0.2, -0.15) is 0 Å². The Morgan fingerprint density at radius 1 is 0.774 bits per heavy atom. The molecule has 31 heavy (non-hydrogen) atoms. The third kappa shape index (κ3) is 3.66. The molecule has 1 nitrogen and oxygen atoms in total. The quantitative estimate of drug-likeness (QED) is 0.463. The van der Waals surface area contributed by atoms with Gasteiger partial charge in [-0.05, 0) is 109 Å². The van der Waals surface area contributed by atoms with Crippen LogP contribution in [0.25, 0.3) is 0 Å². The first-order valence-corrected chi connectivity index (χ1v) is 14.0. The van der Waals surface area contributed by atoms with Crippen LogP contribution in [0.4, 0.5) is 0 Å². The van der Waals surface area contributed by atoms with Crippen molar-refractivity contribution in [1.82, 2.24) is 0 Å². The fourth-order valence-corrected chi connectivity index (χ4v) is 10.8. The van der Waals surface area contributed by atoms with Gasteiger partial charge in [-0.1, -0.05) is 74.7 Å². The van der Waals surface area contributed by atoms with Crippen molar-refractivity contribution in [3.05, 3.63) is 0 Å². The molecule has 180 valence electrons. The number of hydrogen-bond donors (Lipinski definition) is 1. The summed E-state index contributed by atoms with van der Waals surface area (Å²) in [6.45, 7) is 20.3. The Bertz CT molecular complexity index is 651. The molecule has 4 saturated carbocycles. The van der Waals surface area contributed by atoms with Gasteiger partial charge in [0, 0.05) is 0 Å². The third-order valence-corrected chi connectivity index (χ3v) is 12.3. The minimum absolute atomic E-state index is 0.0959. The lowest BCUT2D eigenvalue weighted by molar-refractivity contribution is -0.218. The zero-order chi connectivity index (χ0) is 22.8. The summed E-state index contributed by atoms with van der Waals surface area (Å²) in [5.74, 6) is 5.21. The molecular formula is C30H54O. The van der Waals surface area contributed by atoms with Crippen LogP contribution in [-0.2, 0) is 0 Å². The van der Waals surface area contributed by atoms with E-state index in [1.54, 1.807) is 0 Å². The SMILES string of the molecule is CC(C)CCC[C@@H](C)[C@H]1CC[C@]2(C)[C@@H]1CC[C@@H]1[C@@]3(C)CC(O)CC(C)(C)[C@@H]3CC[C@]12C. The van der Waals surface area contributed by atoms with Gasteiger partial charge in [-0.3, -0.25) is 0 Å². The van der Waals surface area contributed by atoms with Crippen LogP contribution in [0.1, 0.15) is 126 Å². The molecular weight excluding hydrogens is 376 g/mol. The van der Waals surface area contributed by atoms with E-state index in [4.69, 9.17) is 0 Å². The minimum Gasteiger partial charge on any atom is -0.393 e. The first-order chi connectivity index (χ1) is 14.3. The highest BCUT2D eigenvalue weighted by atomic mass is 16.3. The monoisotopic (exact) mass is 430 g/mol. The molecule has 4 aliphatic rings. The van der Waals surface area contributed by atoms with Gasteiger partial charge in [0.25, 0.3) is 0 Å². The van der Waals surface area contributed by atoms with Crippen molar-refractivity contribution in [2.24, 2.45) is 57.2 Å². The molecule has 0 aromatic heterocycles. The van der Waals surface area contributed by atoms with Crippen molar-refractivity contribution in [3.8, 4) is 0 Å². The maximum absolute atomic E-state index is 10.9. The largest absolute Gasteiger partial charge is 0.393 e. The topological polar surface area (TPSA) is 20.2 Å². The number of hydrogen-bond acceptors (Lipinski definition) is 1. The van der Waals surface area contributed by atoms with Crippen molar-refractivity contribution < 1.29 is 5.11 Å². The molecule has 1 heteroatoms. The molecule has 0 aromatic carbocycles. The highest BCUT2D eigenvalue weighted by Gasteiger charge is 2.68. The van der Waals surface area contributed by atoms with Gasteiger partial charge in [0.1, 0.15) is 0 Å². The van der Waals surface area contributed by atoms with E-state index < -0.39 is 0 Å². The fourth-order valence-electron chi connectivity index (χ4n) is 10.8. The maximum atomic E-state index is 10.9. The average molecular weight is 431 g/mol. The molecule has 1 N–H and O–H groups in total. The normalized spacial score (nSPS) is 49.9. The molecule has 4 rings (SSSR count). The standard InChI is InChI=1S/C30H54O/c1-20(2)10-9-11-21(3)23-14-16-29(7)24(23)12-13-26-28(6)19-22(31)18-27(4,5)25(28)15-17-30(26,29)8/h20-26,31H,9-19H2,1-8H3/t21-,22?,23-,24-,25+,26-,28+,29-,30-/m1/s1. The van der Waals surface area contributed by atoms with Crippen molar-refractivity contribution in [3.63, 3.8) is 0 Å². The lowest BCUT2D eigenvalue weighted by atomic mass is 9.35. The van der Waals surface area contributed by atoms with Crippen LogP contribution in [-0.4, -0.2) is 11.2 Å². The van der Waals surface area contributed by atoms with Gasteiger partial charge in [-0.15, -0.1) is 0 Å². The van der Waals surface area contributed by atoms with E-state index in [-0.39, 0.29) is 11.5 Å². The van der Waals surface area contributed by atoms with E-state index in [9.17, 15) is 5.11 Å². The summed E-state index contributed by atoms with van der Waals surface area (Å²) in [5.41, 5.74) is 1.58. The van der Waals surface area contributed by atoms with E-state index >= 15 is 0 Å². The van der Waals surface area contributed by atoms with Gasteiger partial charge in [-0.25, -0.2) is 0 Å². The molecule has 0 radical (unpaired) electrons. The number of aliphatic hydroxyl groups excluding tert-OH is 1. The smallest absolute Gasteiger partial charge is 0.0550 e. The first kappa shape index (κ1) is 24.1. The Morgan fingerprint density at radius 2 is 1.45 bits per heavy atom. The number of rotatable bonds is 5. The van der Waals surface area contributed by atoms with Crippen LogP contribution in [0.3, 0.4) is 0 Å². The zero-order valence-corrected chi connectivity index (χ0v) is 22.3. The van der Waals surface area contributed by atoms with Crippen LogP contribution in [0.15, 0.2) is 0 Å². The van der Waals surface area contributed by atoms with Crippen LogP contribution >= 0.6 is 0 Å². The second-order valence-electron chi connectivity index (χ2n) is 14.7. The minimum atomic E-state index is -0.0959. The Hall–Kier alpha value is -0.0400. The summed E-state index contributed by atoms with van der Waals surface area (Å²) in [5, 5.41) is 10.9. The Morgan fingerprint density at radius 3 is 2.13 bits per heavy atom. The summed E-state index contributed by atoms with van der Waals surface area (Å²) >= 11 is 0. The lowest BCUT2D eigenvalue weighted by Gasteiger charge is -2.69. The Kier molecular flexibility index (Phi) is 6.24. The number of aliphatic hydroxyl groups is 1. The van der Waals surface area contributed by atoms with Crippen molar-refractivity contribution in [1.29, 1.82) is 0 Å². The summed E-state index contributed by atoms with van der Waals surface area (Å²) in [7, 11) is 0. The molecule has 1 unspecified atom stereocenters. The lowest BCUT2D eigenvalue weighted by Crippen LogP contribution is -2.63. The van der Waals surface area contributed by atoms with E-state index in [0.717, 1.165) is 48.3 Å². The second-order valence-corrected chi connectivity index (χ2v) is 14.7. The van der Waals surface area contributed by atoms with Gasteiger partial charge in [0.15, 0.2) is 0 Å². The van der Waals surface area contributed by atoms with Crippen LogP contribution in [0, 0.1) is 57.2 Å². The van der Waals surface area contributed by atoms with Gasteiger partial charge < -0.3 is 5.11 Å². The Balaban J connectivity index is 1.57. The van der Waals surface area contributed by atoms with E-state index in [0.29, 0.717) is 16.2 Å². The predicted molar refractivity (Wildman–Crippen MR) is 133 cm³/mol. The first-order valence-electron chi connectivity index (χ1n) is 14.0. The Labute approximate surface area is 194 Å². The molecule has 0 amide bonds. The average Bonchev–Trinajstić information content (AvgIpc) is 2.98. The fraction of sp³-hybridized carbons (Fsp3) is 1.00. The molecule has 0 aromatic rings. The van der Waals surface area contributed by atoms with Crippen LogP contribution < -0.4 is 0 Å². The molecule has 0 saturated heterocycles. The van der Waals surface area contributed by atoms with E-state index in [2.05, 4.69) is 55.4 Å². The summed E-state index contributed by atoms with van der Waals surface area (Å²) in [6.07, 6.45) is 14.8. The van der Waals surface area contributed by atoms with Gasteiger partial charge in [0.05, 0.1) is 6.10 Å². The van der Waals surface area contributed by atoms with Crippen LogP contribution in [0.2, 0.25) is 0 Å².